The number of nitrogens with zero attached hydrogens (tertiary/aromatic N) is 1. The molecule has 2 atom stereocenters. The van der Waals surface area contributed by atoms with Crippen molar-refractivity contribution in [1.29, 1.82) is 0 Å². The minimum Gasteiger partial charge on any atom is -0.305 e. The quantitative estimate of drug-likeness (QED) is 0.917. The molecule has 0 bridgehead atoms. The van der Waals surface area contributed by atoms with E-state index < -0.39 is 0 Å². The maximum Gasteiger partial charge on any atom is 0.0535 e. The standard InChI is InChI=1S/C17H26N2S/c1-14-11-18-16(2,15-7-5-4-6-8-15)12-19(14)13-17(20-3)9-10-17/h4-8,14,18H,9-13H2,1-3H3. The molecule has 2 fully saturated rings. The van der Waals surface area contributed by atoms with Gasteiger partial charge in [0.05, 0.1) is 5.54 Å². The normalized spacial score (nSPS) is 33.0. The molecule has 0 amide bonds. The summed E-state index contributed by atoms with van der Waals surface area (Å²) in [5.41, 5.74) is 1.49. The fourth-order valence-electron chi connectivity index (χ4n) is 3.27. The van der Waals surface area contributed by atoms with Crippen LogP contribution in [0.3, 0.4) is 0 Å². The van der Waals surface area contributed by atoms with Gasteiger partial charge in [0.2, 0.25) is 0 Å². The van der Waals surface area contributed by atoms with Gasteiger partial charge in [-0.15, -0.1) is 0 Å². The van der Waals surface area contributed by atoms with Crippen molar-refractivity contribution < 1.29 is 0 Å². The molecule has 1 saturated carbocycles. The first-order chi connectivity index (χ1) is 9.57. The van der Waals surface area contributed by atoms with E-state index in [-0.39, 0.29) is 5.54 Å². The van der Waals surface area contributed by atoms with Gasteiger partial charge < -0.3 is 5.32 Å². The van der Waals surface area contributed by atoms with Gasteiger partial charge in [0.25, 0.3) is 0 Å². The number of piperazine rings is 1. The average molecular weight is 290 g/mol. The van der Waals surface area contributed by atoms with Crippen LogP contribution in [0.15, 0.2) is 30.3 Å². The van der Waals surface area contributed by atoms with Gasteiger partial charge in [-0.1, -0.05) is 30.3 Å². The molecular formula is C17H26N2S. The molecule has 2 nitrogen and oxygen atoms in total. The van der Waals surface area contributed by atoms with E-state index in [1.165, 1.54) is 24.9 Å². The predicted octanol–water partition coefficient (Wildman–Crippen LogP) is 3.09. The molecule has 1 aliphatic carbocycles. The van der Waals surface area contributed by atoms with Gasteiger partial charge in [-0.25, -0.2) is 0 Å². The predicted molar refractivity (Wildman–Crippen MR) is 88.3 cm³/mol. The van der Waals surface area contributed by atoms with Gasteiger partial charge in [0.1, 0.15) is 0 Å². The molecule has 0 radical (unpaired) electrons. The van der Waals surface area contributed by atoms with Crippen LogP contribution in [-0.4, -0.2) is 41.6 Å². The molecule has 2 unspecified atom stereocenters. The second-order valence-corrected chi connectivity index (χ2v) is 7.99. The van der Waals surface area contributed by atoms with Crippen LogP contribution < -0.4 is 5.32 Å². The van der Waals surface area contributed by atoms with Gasteiger partial charge in [0, 0.05) is 30.4 Å². The minimum atomic E-state index is 0.0856. The van der Waals surface area contributed by atoms with Crippen molar-refractivity contribution in [3.8, 4) is 0 Å². The van der Waals surface area contributed by atoms with E-state index in [9.17, 15) is 0 Å². The molecule has 3 heteroatoms. The lowest BCUT2D eigenvalue weighted by atomic mass is 9.88. The SMILES string of the molecule is CSC1(CN2CC(C)(c3ccccc3)NCC2C)CC1. The van der Waals surface area contributed by atoms with E-state index in [0.29, 0.717) is 10.8 Å². The highest BCUT2D eigenvalue weighted by Crippen LogP contribution is 2.48. The largest absolute Gasteiger partial charge is 0.305 e. The molecule has 2 aliphatic rings. The second kappa shape index (κ2) is 5.36. The fraction of sp³-hybridized carbons (Fsp3) is 0.647. The van der Waals surface area contributed by atoms with Crippen LogP contribution in [0.4, 0.5) is 0 Å². The van der Waals surface area contributed by atoms with Crippen LogP contribution in [0, 0.1) is 0 Å². The molecule has 110 valence electrons. The summed E-state index contributed by atoms with van der Waals surface area (Å²) in [5.74, 6) is 0. The van der Waals surface area contributed by atoms with Crippen LogP contribution in [0.5, 0.6) is 0 Å². The molecule has 0 aromatic heterocycles. The summed E-state index contributed by atoms with van der Waals surface area (Å²) in [6.07, 6.45) is 5.07. The number of nitrogens with one attached hydrogen (secondary N) is 1. The highest BCUT2D eigenvalue weighted by Gasteiger charge is 2.46. The lowest BCUT2D eigenvalue weighted by Gasteiger charge is -2.46. The first-order valence-corrected chi connectivity index (χ1v) is 8.89. The number of thioether (sulfide) groups is 1. The Balaban J connectivity index is 1.75. The van der Waals surface area contributed by atoms with Gasteiger partial charge in [-0.05, 0) is 38.5 Å². The Morgan fingerprint density at radius 1 is 1.30 bits per heavy atom. The summed E-state index contributed by atoms with van der Waals surface area (Å²) in [5, 5.41) is 3.77. The molecule has 3 rings (SSSR count). The van der Waals surface area contributed by atoms with Crippen molar-refractivity contribution in [1.82, 2.24) is 10.2 Å². The molecule has 1 aliphatic heterocycles. The summed E-state index contributed by atoms with van der Waals surface area (Å²) in [7, 11) is 0. The van der Waals surface area contributed by atoms with Crippen molar-refractivity contribution >= 4 is 11.8 Å². The van der Waals surface area contributed by atoms with Crippen LogP contribution in [0.25, 0.3) is 0 Å². The average Bonchev–Trinajstić information content (AvgIpc) is 3.24. The Morgan fingerprint density at radius 3 is 2.60 bits per heavy atom. The van der Waals surface area contributed by atoms with Crippen LogP contribution >= 0.6 is 11.8 Å². The third kappa shape index (κ3) is 2.76. The van der Waals surface area contributed by atoms with Gasteiger partial charge >= 0.3 is 0 Å². The molecule has 1 aromatic carbocycles. The lowest BCUT2D eigenvalue weighted by molar-refractivity contribution is 0.0933. The van der Waals surface area contributed by atoms with Crippen molar-refractivity contribution in [3.63, 3.8) is 0 Å². The molecule has 1 aromatic rings. The third-order valence-electron chi connectivity index (χ3n) is 5.07. The molecular weight excluding hydrogens is 264 g/mol. The van der Waals surface area contributed by atoms with E-state index >= 15 is 0 Å². The third-order valence-corrected chi connectivity index (χ3v) is 6.48. The highest BCUT2D eigenvalue weighted by molar-refractivity contribution is 8.00. The van der Waals surface area contributed by atoms with E-state index in [0.717, 1.165) is 13.1 Å². The molecule has 0 spiro atoms. The Kier molecular flexibility index (Phi) is 3.87. The van der Waals surface area contributed by atoms with Crippen molar-refractivity contribution in [3.05, 3.63) is 35.9 Å². The lowest BCUT2D eigenvalue weighted by Crippen LogP contribution is -2.61. The summed E-state index contributed by atoms with van der Waals surface area (Å²) < 4.78 is 0.559. The first-order valence-electron chi connectivity index (χ1n) is 7.67. The van der Waals surface area contributed by atoms with E-state index in [1.807, 2.05) is 0 Å². The number of hydrogen-bond donors (Lipinski definition) is 1. The smallest absolute Gasteiger partial charge is 0.0535 e. The van der Waals surface area contributed by atoms with Crippen LogP contribution in [0.2, 0.25) is 0 Å². The summed E-state index contributed by atoms with van der Waals surface area (Å²) in [6.45, 7) is 8.14. The maximum atomic E-state index is 3.77. The van der Waals surface area contributed by atoms with E-state index in [2.05, 4.69) is 72.4 Å². The fourth-order valence-corrected chi connectivity index (χ4v) is 4.07. The molecule has 1 saturated heterocycles. The topological polar surface area (TPSA) is 15.3 Å². The summed E-state index contributed by atoms with van der Waals surface area (Å²) in [6, 6.07) is 11.5. The van der Waals surface area contributed by atoms with Crippen molar-refractivity contribution in [2.24, 2.45) is 0 Å². The van der Waals surface area contributed by atoms with Gasteiger partial charge in [-0.3, -0.25) is 4.90 Å². The van der Waals surface area contributed by atoms with Crippen molar-refractivity contribution in [2.45, 2.75) is 43.0 Å². The zero-order valence-corrected chi connectivity index (χ0v) is 13.7. The number of benzene rings is 1. The maximum absolute atomic E-state index is 3.77. The zero-order valence-electron chi connectivity index (χ0n) is 12.9. The Morgan fingerprint density at radius 2 is 2.00 bits per heavy atom. The Bertz CT molecular complexity index is 457. The summed E-state index contributed by atoms with van der Waals surface area (Å²) >= 11 is 2.07. The molecule has 1 heterocycles. The molecule has 20 heavy (non-hydrogen) atoms. The Hall–Kier alpha value is -0.510. The number of hydrogen-bond acceptors (Lipinski definition) is 3. The van der Waals surface area contributed by atoms with Gasteiger partial charge in [0.15, 0.2) is 0 Å². The second-order valence-electron chi connectivity index (χ2n) is 6.72. The van der Waals surface area contributed by atoms with Crippen molar-refractivity contribution in [2.75, 3.05) is 25.9 Å². The first kappa shape index (κ1) is 14.4. The van der Waals surface area contributed by atoms with E-state index in [4.69, 9.17) is 0 Å². The monoisotopic (exact) mass is 290 g/mol. The zero-order chi connectivity index (χ0) is 14.2. The Labute approximate surface area is 127 Å². The molecule has 1 N–H and O–H groups in total. The minimum absolute atomic E-state index is 0.0856. The van der Waals surface area contributed by atoms with E-state index in [1.54, 1.807) is 0 Å². The number of rotatable bonds is 4. The highest BCUT2D eigenvalue weighted by atomic mass is 32.2. The van der Waals surface area contributed by atoms with Crippen LogP contribution in [-0.2, 0) is 5.54 Å². The van der Waals surface area contributed by atoms with Gasteiger partial charge in [-0.2, -0.15) is 11.8 Å². The summed E-state index contributed by atoms with van der Waals surface area (Å²) in [4.78, 5) is 2.70. The van der Waals surface area contributed by atoms with Crippen LogP contribution in [0.1, 0.15) is 32.3 Å².